The van der Waals surface area contributed by atoms with Gasteiger partial charge in [-0.3, -0.25) is 0 Å². The molecule has 0 radical (unpaired) electrons. The molecule has 90 valence electrons. The Morgan fingerprint density at radius 3 is 2.28 bits per heavy atom. The third-order valence-corrected chi connectivity index (χ3v) is 3.22. The molecule has 0 saturated carbocycles. The lowest BCUT2D eigenvalue weighted by Crippen LogP contribution is -1.89. The van der Waals surface area contributed by atoms with Gasteiger partial charge in [0.1, 0.15) is 17.6 Å². The lowest BCUT2D eigenvalue weighted by atomic mass is 10.2. The molecule has 2 rings (SSSR count). The molecule has 0 aromatic heterocycles. The van der Waals surface area contributed by atoms with Gasteiger partial charge in [-0.1, -0.05) is 46.9 Å². The number of rotatable bonds is 2. The van der Waals surface area contributed by atoms with Gasteiger partial charge < -0.3 is 4.74 Å². The minimum absolute atomic E-state index is 0.331. The summed E-state index contributed by atoms with van der Waals surface area (Å²) in [4.78, 5) is 0. The monoisotopic (exact) mass is 297 g/mol. The van der Waals surface area contributed by atoms with Crippen molar-refractivity contribution in [2.75, 3.05) is 0 Å². The molecule has 0 aliphatic carbocycles. The van der Waals surface area contributed by atoms with Gasteiger partial charge in [0.2, 0.25) is 0 Å². The zero-order chi connectivity index (χ0) is 13.1. The highest BCUT2D eigenvalue weighted by molar-refractivity contribution is 6.43. The molecular formula is C13H6Cl3NO. The average molecular weight is 299 g/mol. The van der Waals surface area contributed by atoms with Crippen LogP contribution in [0, 0.1) is 11.3 Å². The molecule has 0 spiro atoms. The molecule has 0 N–H and O–H groups in total. The first kappa shape index (κ1) is 13.0. The topological polar surface area (TPSA) is 33.0 Å². The third-order valence-electron chi connectivity index (χ3n) is 2.20. The van der Waals surface area contributed by atoms with Crippen molar-refractivity contribution >= 4 is 34.8 Å². The predicted molar refractivity (Wildman–Crippen MR) is 72.7 cm³/mol. The quantitative estimate of drug-likeness (QED) is 0.704. The number of benzene rings is 2. The smallest absolute Gasteiger partial charge is 0.147 e. The summed E-state index contributed by atoms with van der Waals surface area (Å²) in [6, 6.07) is 11.9. The maximum absolute atomic E-state index is 8.95. The predicted octanol–water partition coefficient (Wildman–Crippen LogP) is 5.31. The lowest BCUT2D eigenvalue weighted by molar-refractivity contribution is 0.481. The summed E-state index contributed by atoms with van der Waals surface area (Å²) in [6.45, 7) is 0. The zero-order valence-electron chi connectivity index (χ0n) is 8.95. The molecule has 0 aliphatic heterocycles. The molecule has 0 amide bonds. The molecule has 5 heteroatoms. The Labute approximate surface area is 119 Å². The van der Waals surface area contributed by atoms with Gasteiger partial charge in [-0.2, -0.15) is 5.26 Å². The second kappa shape index (κ2) is 5.49. The van der Waals surface area contributed by atoms with Crippen LogP contribution >= 0.6 is 34.8 Å². The highest BCUT2D eigenvalue weighted by Gasteiger charge is 2.10. The van der Waals surface area contributed by atoms with Gasteiger partial charge in [0.25, 0.3) is 0 Å². The summed E-state index contributed by atoms with van der Waals surface area (Å²) in [5.41, 5.74) is 0.416. The van der Waals surface area contributed by atoms with Gasteiger partial charge in [0, 0.05) is 6.07 Å². The van der Waals surface area contributed by atoms with Gasteiger partial charge in [-0.15, -0.1) is 0 Å². The third kappa shape index (κ3) is 2.70. The van der Waals surface area contributed by atoms with Crippen molar-refractivity contribution in [1.29, 1.82) is 5.26 Å². The summed E-state index contributed by atoms with van der Waals surface area (Å²) in [6.07, 6.45) is 0. The second-order valence-electron chi connectivity index (χ2n) is 3.41. The zero-order valence-corrected chi connectivity index (χ0v) is 11.2. The van der Waals surface area contributed by atoms with Crippen LogP contribution in [0.4, 0.5) is 0 Å². The fraction of sp³-hybridized carbons (Fsp3) is 0. The fourth-order valence-corrected chi connectivity index (χ4v) is 1.92. The molecule has 2 nitrogen and oxygen atoms in total. The van der Waals surface area contributed by atoms with E-state index in [0.717, 1.165) is 0 Å². The van der Waals surface area contributed by atoms with Crippen LogP contribution in [0.25, 0.3) is 0 Å². The number of hydrogen-bond acceptors (Lipinski definition) is 2. The minimum Gasteiger partial charge on any atom is -0.454 e. The molecule has 0 heterocycles. The van der Waals surface area contributed by atoms with Crippen LogP contribution in [0.5, 0.6) is 11.5 Å². The van der Waals surface area contributed by atoms with Crippen LogP contribution in [0.2, 0.25) is 15.1 Å². The largest absolute Gasteiger partial charge is 0.454 e. The molecule has 0 unspecified atom stereocenters. The first-order valence-corrected chi connectivity index (χ1v) is 6.06. The van der Waals surface area contributed by atoms with E-state index in [1.807, 2.05) is 6.07 Å². The lowest BCUT2D eigenvalue weighted by Gasteiger charge is -2.09. The van der Waals surface area contributed by atoms with Crippen molar-refractivity contribution in [3.05, 3.63) is 57.0 Å². The van der Waals surface area contributed by atoms with Crippen LogP contribution in [0.15, 0.2) is 36.4 Å². The molecule has 18 heavy (non-hydrogen) atoms. The number of nitrogens with zero attached hydrogens (tertiary/aromatic N) is 1. The summed E-state index contributed by atoms with van der Waals surface area (Å²) < 4.78 is 5.57. The summed E-state index contributed by atoms with van der Waals surface area (Å²) in [7, 11) is 0. The van der Waals surface area contributed by atoms with Gasteiger partial charge in [-0.25, -0.2) is 0 Å². The summed E-state index contributed by atoms with van der Waals surface area (Å²) in [5, 5.41) is 9.97. The van der Waals surface area contributed by atoms with Crippen LogP contribution in [0.1, 0.15) is 5.56 Å². The van der Waals surface area contributed by atoms with E-state index < -0.39 is 0 Å². The van der Waals surface area contributed by atoms with Crippen molar-refractivity contribution < 1.29 is 4.74 Å². The van der Waals surface area contributed by atoms with E-state index in [0.29, 0.717) is 32.1 Å². The van der Waals surface area contributed by atoms with Crippen molar-refractivity contribution in [2.24, 2.45) is 0 Å². The van der Waals surface area contributed by atoms with Crippen molar-refractivity contribution in [3.63, 3.8) is 0 Å². The Morgan fingerprint density at radius 2 is 1.56 bits per heavy atom. The van der Waals surface area contributed by atoms with Crippen molar-refractivity contribution in [3.8, 4) is 17.6 Å². The molecular weight excluding hydrogens is 293 g/mol. The van der Waals surface area contributed by atoms with E-state index in [1.165, 1.54) is 12.1 Å². The summed E-state index contributed by atoms with van der Waals surface area (Å²) in [5.74, 6) is 0.772. The van der Waals surface area contributed by atoms with E-state index in [4.69, 9.17) is 44.8 Å². The minimum atomic E-state index is 0.331. The van der Waals surface area contributed by atoms with Crippen LogP contribution in [-0.4, -0.2) is 0 Å². The second-order valence-corrected chi connectivity index (χ2v) is 4.63. The van der Waals surface area contributed by atoms with Gasteiger partial charge in [-0.05, 0) is 18.2 Å². The van der Waals surface area contributed by atoms with E-state index in [-0.39, 0.29) is 0 Å². The van der Waals surface area contributed by atoms with Gasteiger partial charge >= 0.3 is 0 Å². The van der Waals surface area contributed by atoms with Gasteiger partial charge in [0.15, 0.2) is 0 Å². The van der Waals surface area contributed by atoms with Gasteiger partial charge in [0.05, 0.1) is 20.6 Å². The Morgan fingerprint density at radius 1 is 0.889 bits per heavy atom. The molecule has 0 fully saturated rings. The highest BCUT2D eigenvalue weighted by atomic mass is 35.5. The van der Waals surface area contributed by atoms with E-state index in [9.17, 15) is 0 Å². The Balaban J connectivity index is 2.41. The Bertz CT molecular complexity index is 635. The van der Waals surface area contributed by atoms with E-state index >= 15 is 0 Å². The van der Waals surface area contributed by atoms with E-state index in [2.05, 4.69) is 0 Å². The van der Waals surface area contributed by atoms with E-state index in [1.54, 1.807) is 24.3 Å². The van der Waals surface area contributed by atoms with Crippen LogP contribution in [0.3, 0.4) is 0 Å². The molecule has 2 aromatic rings. The average Bonchev–Trinajstić information content (AvgIpc) is 2.36. The SMILES string of the molecule is N#Cc1ccccc1Oc1cc(Cl)c(Cl)cc1Cl. The maximum Gasteiger partial charge on any atom is 0.147 e. The molecule has 0 aliphatic rings. The first-order chi connectivity index (χ1) is 8.61. The van der Waals surface area contributed by atoms with Crippen molar-refractivity contribution in [1.82, 2.24) is 0 Å². The van der Waals surface area contributed by atoms with Crippen LogP contribution in [-0.2, 0) is 0 Å². The number of para-hydroxylation sites is 1. The maximum atomic E-state index is 8.95. The van der Waals surface area contributed by atoms with Crippen LogP contribution < -0.4 is 4.74 Å². The summed E-state index contributed by atoms with van der Waals surface area (Å²) >= 11 is 17.7. The molecule has 0 bridgehead atoms. The normalized spacial score (nSPS) is 9.89. The molecule has 0 saturated heterocycles. The molecule has 2 aromatic carbocycles. The first-order valence-electron chi connectivity index (χ1n) is 4.93. The number of halogens is 3. The Kier molecular flexibility index (Phi) is 3.98. The molecule has 0 atom stereocenters. The van der Waals surface area contributed by atoms with Crippen molar-refractivity contribution in [2.45, 2.75) is 0 Å². The standard InChI is InChI=1S/C13H6Cl3NO/c14-9-5-11(16)13(6-10(9)15)18-12-4-2-1-3-8(12)7-17/h1-6H. The Hall–Kier alpha value is -1.40. The number of nitriles is 1. The number of ether oxygens (including phenoxy) is 1. The fourth-order valence-electron chi connectivity index (χ4n) is 1.35. The highest BCUT2D eigenvalue weighted by Crippen LogP contribution is 2.36. The number of hydrogen-bond donors (Lipinski definition) is 0.